The Kier molecular flexibility index (Phi) is 5.46. The molecule has 2 aliphatic rings. The van der Waals surface area contributed by atoms with Gasteiger partial charge in [0.2, 0.25) is 5.91 Å². The molecular weight excluding hydrogens is 418 g/mol. The number of fused-ring (bicyclic) bond motifs is 3. The van der Waals surface area contributed by atoms with Crippen LogP contribution in [0.2, 0.25) is 0 Å². The summed E-state index contributed by atoms with van der Waals surface area (Å²) in [6.45, 7) is 1.87. The fraction of sp³-hybridized carbons (Fsp3) is 0.269. The first-order chi connectivity index (χ1) is 16.0. The van der Waals surface area contributed by atoms with E-state index in [0.29, 0.717) is 17.3 Å². The summed E-state index contributed by atoms with van der Waals surface area (Å²) in [5, 5.41) is 9.41. The third-order valence-electron chi connectivity index (χ3n) is 6.09. The Morgan fingerprint density at radius 1 is 1.18 bits per heavy atom. The third-order valence-corrected chi connectivity index (χ3v) is 6.09. The van der Waals surface area contributed by atoms with E-state index in [4.69, 9.17) is 9.15 Å². The van der Waals surface area contributed by atoms with Crippen LogP contribution in [0.3, 0.4) is 0 Å². The summed E-state index contributed by atoms with van der Waals surface area (Å²) < 4.78 is 11.7. The molecule has 7 nitrogen and oxygen atoms in total. The van der Waals surface area contributed by atoms with E-state index < -0.39 is 0 Å². The average molecular weight is 444 g/mol. The lowest BCUT2D eigenvalue weighted by atomic mass is 9.94. The zero-order chi connectivity index (χ0) is 22.9. The van der Waals surface area contributed by atoms with Gasteiger partial charge in [0.1, 0.15) is 22.9 Å². The van der Waals surface area contributed by atoms with Crippen LogP contribution >= 0.6 is 0 Å². The normalized spacial score (nSPS) is 16.1. The maximum atomic E-state index is 12.7. The molecule has 3 aromatic rings. The molecule has 7 heteroatoms. The molecule has 0 unspecified atom stereocenters. The van der Waals surface area contributed by atoms with Crippen molar-refractivity contribution in [3.63, 3.8) is 0 Å². The van der Waals surface area contributed by atoms with Crippen LogP contribution in [0.25, 0.3) is 16.5 Å². The van der Waals surface area contributed by atoms with E-state index in [1.807, 2.05) is 31.2 Å². The SMILES string of the molecule is COc1cc2oc3c(c2cc1/C(C)=C/C(=O)NC1=NN(c2ccccc2)C(=O)C1)CCCC3. The summed E-state index contributed by atoms with van der Waals surface area (Å²) in [6, 6.07) is 13.1. The van der Waals surface area contributed by atoms with Gasteiger partial charge < -0.3 is 14.5 Å². The van der Waals surface area contributed by atoms with E-state index in [1.54, 1.807) is 19.2 Å². The first kappa shape index (κ1) is 21.0. The van der Waals surface area contributed by atoms with Gasteiger partial charge in [0, 0.05) is 35.1 Å². The van der Waals surface area contributed by atoms with Gasteiger partial charge in [-0.05, 0) is 50.0 Å². The molecule has 2 aromatic carbocycles. The van der Waals surface area contributed by atoms with Crippen molar-refractivity contribution in [1.82, 2.24) is 5.32 Å². The van der Waals surface area contributed by atoms with Gasteiger partial charge in [0.05, 0.1) is 19.2 Å². The van der Waals surface area contributed by atoms with Gasteiger partial charge in [0.25, 0.3) is 5.91 Å². The van der Waals surface area contributed by atoms with Crippen molar-refractivity contribution in [2.75, 3.05) is 12.1 Å². The van der Waals surface area contributed by atoms with Gasteiger partial charge in [-0.25, -0.2) is 0 Å². The minimum Gasteiger partial charge on any atom is -0.496 e. The van der Waals surface area contributed by atoms with Crippen molar-refractivity contribution in [3.8, 4) is 5.75 Å². The molecule has 0 saturated carbocycles. The number of nitrogens with one attached hydrogen (secondary N) is 1. The summed E-state index contributed by atoms with van der Waals surface area (Å²) in [5.74, 6) is 1.50. The molecule has 5 rings (SSSR count). The number of hydrogen-bond acceptors (Lipinski definition) is 5. The number of amides is 2. The molecular formula is C26H25N3O4. The van der Waals surface area contributed by atoms with E-state index in [1.165, 1.54) is 16.6 Å². The lowest BCUT2D eigenvalue weighted by molar-refractivity contribution is -0.116. The largest absolute Gasteiger partial charge is 0.496 e. The molecule has 0 bridgehead atoms. The molecule has 0 saturated heterocycles. The Morgan fingerprint density at radius 2 is 1.97 bits per heavy atom. The van der Waals surface area contributed by atoms with Gasteiger partial charge >= 0.3 is 0 Å². The Bertz CT molecular complexity index is 1300. The second-order valence-corrected chi connectivity index (χ2v) is 8.34. The van der Waals surface area contributed by atoms with Gasteiger partial charge in [-0.15, -0.1) is 0 Å². The van der Waals surface area contributed by atoms with E-state index >= 15 is 0 Å². The van der Waals surface area contributed by atoms with Crippen LogP contribution in [-0.4, -0.2) is 24.8 Å². The van der Waals surface area contributed by atoms with Crippen LogP contribution in [0.4, 0.5) is 5.69 Å². The van der Waals surface area contributed by atoms with Crippen molar-refractivity contribution in [2.24, 2.45) is 5.10 Å². The van der Waals surface area contributed by atoms with Crippen LogP contribution in [-0.2, 0) is 22.4 Å². The quantitative estimate of drug-likeness (QED) is 0.598. The second kappa shape index (κ2) is 8.58. The predicted octanol–water partition coefficient (Wildman–Crippen LogP) is 4.59. The number of allylic oxidation sites excluding steroid dienone is 1. The topological polar surface area (TPSA) is 84.1 Å². The maximum Gasteiger partial charge on any atom is 0.255 e. The number of anilines is 1. The summed E-state index contributed by atoms with van der Waals surface area (Å²) in [7, 11) is 1.61. The van der Waals surface area contributed by atoms with Crippen LogP contribution in [0.5, 0.6) is 5.75 Å². The lowest BCUT2D eigenvalue weighted by Crippen LogP contribution is -2.28. The number of amidine groups is 1. The molecule has 2 amide bonds. The number of aryl methyl sites for hydroxylation is 2. The van der Waals surface area contributed by atoms with Gasteiger partial charge in [0.15, 0.2) is 0 Å². The Hall–Kier alpha value is -3.87. The molecule has 1 aliphatic carbocycles. The first-order valence-electron chi connectivity index (χ1n) is 11.1. The Morgan fingerprint density at radius 3 is 2.76 bits per heavy atom. The van der Waals surface area contributed by atoms with E-state index in [2.05, 4.69) is 16.5 Å². The Balaban J connectivity index is 1.39. The fourth-order valence-electron chi connectivity index (χ4n) is 4.49. The highest BCUT2D eigenvalue weighted by atomic mass is 16.5. The van der Waals surface area contributed by atoms with Crippen molar-refractivity contribution < 1.29 is 18.7 Å². The van der Waals surface area contributed by atoms with Gasteiger partial charge in [-0.3, -0.25) is 9.59 Å². The van der Waals surface area contributed by atoms with Crippen LogP contribution < -0.4 is 15.1 Å². The summed E-state index contributed by atoms with van der Waals surface area (Å²) >= 11 is 0. The van der Waals surface area contributed by atoms with Crippen molar-refractivity contribution in [1.29, 1.82) is 0 Å². The first-order valence-corrected chi connectivity index (χ1v) is 11.1. The molecule has 2 heterocycles. The summed E-state index contributed by atoms with van der Waals surface area (Å²) in [6.07, 6.45) is 5.81. The van der Waals surface area contributed by atoms with E-state index in [-0.39, 0.29) is 18.2 Å². The number of furan rings is 1. The number of hydrogen-bond donors (Lipinski definition) is 1. The van der Waals surface area contributed by atoms with Crippen LogP contribution in [0.15, 0.2) is 58.1 Å². The fourth-order valence-corrected chi connectivity index (χ4v) is 4.49. The molecule has 33 heavy (non-hydrogen) atoms. The number of methoxy groups -OCH3 is 1. The highest BCUT2D eigenvalue weighted by molar-refractivity contribution is 6.17. The predicted molar refractivity (Wildman–Crippen MR) is 127 cm³/mol. The number of hydrazone groups is 1. The number of para-hydroxylation sites is 1. The zero-order valence-electron chi connectivity index (χ0n) is 18.7. The minimum atomic E-state index is -0.342. The van der Waals surface area contributed by atoms with Gasteiger partial charge in [-0.2, -0.15) is 10.1 Å². The second-order valence-electron chi connectivity index (χ2n) is 8.34. The number of carbonyl (C=O) groups is 2. The monoisotopic (exact) mass is 443 g/mol. The lowest BCUT2D eigenvalue weighted by Gasteiger charge is -2.11. The number of carbonyl (C=O) groups excluding carboxylic acids is 2. The molecule has 1 aromatic heterocycles. The number of benzene rings is 2. The minimum absolute atomic E-state index is 0.0456. The smallest absolute Gasteiger partial charge is 0.255 e. The van der Waals surface area contributed by atoms with E-state index in [0.717, 1.165) is 53.5 Å². The standard InChI is InChI=1S/C26H25N3O4/c1-16(12-25(30)27-24-15-26(31)29(28-24)17-8-4-3-5-9-17)19-13-20-18-10-6-7-11-21(18)33-23(20)14-22(19)32-2/h3-5,8-9,12-14H,6-7,10-11,15H2,1-2H3,(H,27,28,30)/b16-12+. The van der Waals surface area contributed by atoms with Crippen molar-refractivity contribution in [3.05, 3.63) is 65.4 Å². The average Bonchev–Trinajstić information content (AvgIpc) is 3.37. The number of ether oxygens (including phenoxy) is 1. The highest BCUT2D eigenvalue weighted by Crippen LogP contribution is 2.37. The van der Waals surface area contributed by atoms with Crippen LogP contribution in [0, 0.1) is 0 Å². The molecule has 1 aliphatic heterocycles. The molecule has 168 valence electrons. The number of nitrogens with zero attached hydrogens (tertiary/aromatic N) is 2. The summed E-state index contributed by atoms with van der Waals surface area (Å²) in [5.41, 5.74) is 4.34. The van der Waals surface area contributed by atoms with E-state index in [9.17, 15) is 9.59 Å². The van der Waals surface area contributed by atoms with Crippen molar-refractivity contribution in [2.45, 2.75) is 39.0 Å². The van der Waals surface area contributed by atoms with Crippen LogP contribution in [0.1, 0.15) is 43.1 Å². The van der Waals surface area contributed by atoms with Gasteiger partial charge in [-0.1, -0.05) is 18.2 Å². The highest BCUT2D eigenvalue weighted by Gasteiger charge is 2.26. The molecule has 0 atom stereocenters. The number of rotatable bonds is 4. The summed E-state index contributed by atoms with van der Waals surface area (Å²) in [4.78, 5) is 25.1. The Labute approximate surface area is 191 Å². The molecule has 0 fully saturated rings. The molecule has 0 radical (unpaired) electrons. The maximum absolute atomic E-state index is 12.7. The molecule has 1 N–H and O–H groups in total. The zero-order valence-corrected chi connectivity index (χ0v) is 18.7. The van der Waals surface area contributed by atoms with Crippen molar-refractivity contribution >= 4 is 39.9 Å². The molecule has 0 spiro atoms. The third kappa shape index (κ3) is 4.02.